The molecule has 0 saturated heterocycles. The molecular weight excluding hydrogens is 378 g/mol. The van der Waals surface area contributed by atoms with Gasteiger partial charge in [-0.25, -0.2) is 4.79 Å². The van der Waals surface area contributed by atoms with Crippen LogP contribution in [0.25, 0.3) is 18.2 Å². The molecule has 2 aromatic carbocycles. The number of hydrogen-bond donors (Lipinski definition) is 0. The van der Waals surface area contributed by atoms with Crippen molar-refractivity contribution in [2.45, 2.75) is 6.92 Å². The fourth-order valence-electron chi connectivity index (χ4n) is 2.68. The number of methoxy groups -OCH3 is 1. The molecule has 5 nitrogen and oxygen atoms in total. The number of carbonyl (C=O) groups excluding carboxylic acids is 1. The minimum atomic E-state index is -0.459. The second kappa shape index (κ2) is 10.6. The van der Waals surface area contributed by atoms with Crippen LogP contribution in [0, 0.1) is 0 Å². The molecule has 0 atom stereocenters. The number of ether oxygens (including phenoxy) is 3. The highest BCUT2D eigenvalue weighted by Gasteiger charge is 2.05. The number of nitrogens with zero attached hydrogens (tertiary/aromatic N) is 1. The summed E-state index contributed by atoms with van der Waals surface area (Å²) in [7, 11) is 1.58. The highest BCUT2D eigenvalue weighted by Crippen LogP contribution is 2.28. The Bertz CT molecular complexity index is 1020. The predicted molar refractivity (Wildman–Crippen MR) is 118 cm³/mol. The van der Waals surface area contributed by atoms with E-state index in [-0.39, 0.29) is 0 Å². The molecule has 0 spiro atoms. The van der Waals surface area contributed by atoms with Crippen molar-refractivity contribution in [1.29, 1.82) is 0 Å². The first-order valence-electron chi connectivity index (χ1n) is 9.58. The molecule has 152 valence electrons. The molecule has 0 unspecified atom stereocenters. The minimum absolute atomic E-state index is 0.459. The van der Waals surface area contributed by atoms with Crippen LogP contribution in [0.2, 0.25) is 0 Å². The van der Waals surface area contributed by atoms with Crippen molar-refractivity contribution in [3.63, 3.8) is 0 Å². The molecule has 1 heterocycles. The molecule has 30 heavy (non-hydrogen) atoms. The summed E-state index contributed by atoms with van der Waals surface area (Å²) in [6, 6.07) is 18.5. The third kappa shape index (κ3) is 6.07. The zero-order valence-corrected chi connectivity index (χ0v) is 16.9. The van der Waals surface area contributed by atoms with E-state index >= 15 is 0 Å². The van der Waals surface area contributed by atoms with Crippen molar-refractivity contribution in [3.05, 3.63) is 89.8 Å². The maximum absolute atomic E-state index is 12.1. The quantitative estimate of drug-likeness (QED) is 0.292. The molecular formula is C25H23NO4. The normalized spacial score (nSPS) is 11.0. The Morgan fingerprint density at radius 1 is 0.933 bits per heavy atom. The van der Waals surface area contributed by atoms with Crippen molar-refractivity contribution in [1.82, 2.24) is 4.98 Å². The summed E-state index contributed by atoms with van der Waals surface area (Å²) in [6.45, 7) is 2.46. The molecule has 0 N–H and O–H groups in total. The topological polar surface area (TPSA) is 57.7 Å². The largest absolute Gasteiger partial charge is 0.493 e. The fourth-order valence-corrected chi connectivity index (χ4v) is 2.68. The SMILES string of the molecule is CCOc1ccc(/C=C/C(=O)Oc2ccc(/C=C/c3ccccn3)cc2)cc1OC. The Hall–Kier alpha value is -3.86. The van der Waals surface area contributed by atoms with Crippen molar-refractivity contribution in [3.8, 4) is 17.2 Å². The summed E-state index contributed by atoms with van der Waals surface area (Å²) in [5, 5.41) is 0. The van der Waals surface area contributed by atoms with E-state index in [2.05, 4.69) is 4.98 Å². The van der Waals surface area contributed by atoms with Gasteiger partial charge >= 0.3 is 5.97 Å². The number of aromatic nitrogens is 1. The van der Waals surface area contributed by atoms with E-state index in [1.54, 1.807) is 37.6 Å². The first kappa shape index (κ1) is 20.9. The average molecular weight is 401 g/mol. The zero-order chi connectivity index (χ0) is 21.2. The van der Waals surface area contributed by atoms with Crippen LogP contribution in [0.4, 0.5) is 0 Å². The minimum Gasteiger partial charge on any atom is -0.493 e. The smallest absolute Gasteiger partial charge is 0.336 e. The maximum Gasteiger partial charge on any atom is 0.336 e. The molecule has 0 fully saturated rings. The lowest BCUT2D eigenvalue weighted by Crippen LogP contribution is -2.03. The number of esters is 1. The van der Waals surface area contributed by atoms with E-state index < -0.39 is 5.97 Å². The third-order valence-corrected chi connectivity index (χ3v) is 4.13. The van der Waals surface area contributed by atoms with E-state index in [9.17, 15) is 4.79 Å². The second-order valence-corrected chi connectivity index (χ2v) is 6.25. The summed E-state index contributed by atoms with van der Waals surface area (Å²) >= 11 is 0. The van der Waals surface area contributed by atoms with Crippen LogP contribution in [0.3, 0.4) is 0 Å². The lowest BCUT2D eigenvalue weighted by atomic mass is 10.2. The van der Waals surface area contributed by atoms with E-state index in [1.165, 1.54) is 6.08 Å². The Morgan fingerprint density at radius 3 is 2.43 bits per heavy atom. The molecule has 1 aromatic heterocycles. The number of pyridine rings is 1. The maximum atomic E-state index is 12.1. The molecule has 5 heteroatoms. The molecule has 0 saturated carbocycles. The van der Waals surface area contributed by atoms with E-state index in [0.717, 1.165) is 16.8 Å². The van der Waals surface area contributed by atoms with Gasteiger partial charge in [-0.15, -0.1) is 0 Å². The third-order valence-electron chi connectivity index (χ3n) is 4.13. The van der Waals surface area contributed by atoms with Gasteiger partial charge in [-0.05, 0) is 66.6 Å². The molecule has 0 amide bonds. The second-order valence-electron chi connectivity index (χ2n) is 6.25. The summed E-state index contributed by atoms with van der Waals surface area (Å²) in [5.74, 6) is 1.29. The summed E-state index contributed by atoms with van der Waals surface area (Å²) in [5.41, 5.74) is 2.67. The number of benzene rings is 2. The molecule has 0 aliphatic heterocycles. The highest BCUT2D eigenvalue weighted by molar-refractivity contribution is 5.88. The van der Waals surface area contributed by atoms with Gasteiger partial charge in [0.25, 0.3) is 0 Å². The predicted octanol–water partition coefficient (Wildman–Crippen LogP) is 5.28. The molecule has 0 aliphatic rings. The van der Waals surface area contributed by atoms with E-state index in [0.29, 0.717) is 23.9 Å². The van der Waals surface area contributed by atoms with Crippen LogP contribution in [0.15, 0.2) is 72.9 Å². The van der Waals surface area contributed by atoms with Gasteiger partial charge in [0.1, 0.15) is 5.75 Å². The number of rotatable bonds is 8. The van der Waals surface area contributed by atoms with Crippen molar-refractivity contribution >= 4 is 24.2 Å². The average Bonchev–Trinajstić information content (AvgIpc) is 2.79. The van der Waals surface area contributed by atoms with Gasteiger partial charge in [0.05, 0.1) is 19.4 Å². The highest BCUT2D eigenvalue weighted by atomic mass is 16.5. The van der Waals surface area contributed by atoms with Gasteiger partial charge in [-0.3, -0.25) is 4.98 Å². The lowest BCUT2D eigenvalue weighted by Gasteiger charge is -2.09. The van der Waals surface area contributed by atoms with Crippen LogP contribution >= 0.6 is 0 Å². The van der Waals surface area contributed by atoms with Gasteiger partial charge < -0.3 is 14.2 Å². The van der Waals surface area contributed by atoms with Crippen molar-refractivity contribution in [2.75, 3.05) is 13.7 Å². The first-order valence-corrected chi connectivity index (χ1v) is 9.58. The summed E-state index contributed by atoms with van der Waals surface area (Å²) < 4.78 is 16.2. The van der Waals surface area contributed by atoms with Crippen LogP contribution in [-0.4, -0.2) is 24.7 Å². The molecule has 3 aromatic rings. The van der Waals surface area contributed by atoms with Crippen LogP contribution in [0.5, 0.6) is 17.2 Å². The van der Waals surface area contributed by atoms with Gasteiger partial charge in [0, 0.05) is 12.3 Å². The monoisotopic (exact) mass is 401 g/mol. The van der Waals surface area contributed by atoms with Crippen LogP contribution in [0.1, 0.15) is 23.7 Å². The molecule has 3 rings (SSSR count). The Morgan fingerprint density at radius 2 is 1.73 bits per heavy atom. The van der Waals surface area contributed by atoms with Crippen LogP contribution < -0.4 is 14.2 Å². The standard InChI is InChI=1S/C25H23NO4/c1-3-29-23-15-10-20(18-24(23)28-2)11-16-25(27)30-22-13-8-19(9-14-22)7-12-21-6-4-5-17-26-21/h4-18H,3H2,1-2H3/b12-7+,16-11+. The molecule has 0 bridgehead atoms. The van der Waals surface area contributed by atoms with Gasteiger partial charge in [-0.2, -0.15) is 0 Å². The number of carbonyl (C=O) groups is 1. The summed E-state index contributed by atoms with van der Waals surface area (Å²) in [4.78, 5) is 16.4. The summed E-state index contributed by atoms with van der Waals surface area (Å²) in [6.07, 6.45) is 8.68. The Kier molecular flexibility index (Phi) is 7.39. The molecule has 0 radical (unpaired) electrons. The molecule has 0 aliphatic carbocycles. The van der Waals surface area contributed by atoms with E-state index in [4.69, 9.17) is 14.2 Å². The van der Waals surface area contributed by atoms with Crippen molar-refractivity contribution < 1.29 is 19.0 Å². The van der Waals surface area contributed by atoms with E-state index in [1.807, 2.05) is 61.5 Å². The van der Waals surface area contributed by atoms with Gasteiger partial charge in [-0.1, -0.05) is 30.3 Å². The van der Waals surface area contributed by atoms with Crippen molar-refractivity contribution in [2.24, 2.45) is 0 Å². The van der Waals surface area contributed by atoms with Gasteiger partial charge in [0.2, 0.25) is 0 Å². The fraction of sp³-hybridized carbons (Fsp3) is 0.120. The first-order chi connectivity index (χ1) is 14.7. The Labute approximate surface area is 176 Å². The Balaban J connectivity index is 1.59. The number of hydrogen-bond acceptors (Lipinski definition) is 5. The van der Waals surface area contributed by atoms with Crippen LogP contribution in [-0.2, 0) is 4.79 Å². The van der Waals surface area contributed by atoms with Gasteiger partial charge in [0.15, 0.2) is 11.5 Å². The zero-order valence-electron chi connectivity index (χ0n) is 16.9. The lowest BCUT2D eigenvalue weighted by molar-refractivity contribution is -0.128.